The van der Waals surface area contributed by atoms with Crippen molar-refractivity contribution in [3.63, 3.8) is 0 Å². The average molecular weight is 429 g/mol. The Hall–Kier alpha value is -2.50. The maximum absolute atomic E-state index is 14.6. The number of hydrogen-bond acceptors (Lipinski definition) is 3. The van der Waals surface area contributed by atoms with E-state index < -0.39 is 11.6 Å². The van der Waals surface area contributed by atoms with Gasteiger partial charge in [-0.15, -0.1) is 0 Å². The summed E-state index contributed by atoms with van der Waals surface area (Å²) >= 11 is 5.91. The summed E-state index contributed by atoms with van der Waals surface area (Å²) in [5.41, 5.74) is 1.72. The molecule has 3 nitrogen and oxygen atoms in total. The second kappa shape index (κ2) is 9.11. The van der Waals surface area contributed by atoms with Crippen LogP contribution in [-0.2, 0) is 6.54 Å². The summed E-state index contributed by atoms with van der Waals surface area (Å²) in [6.07, 6.45) is 1.32. The van der Waals surface area contributed by atoms with E-state index in [-0.39, 0.29) is 17.9 Å². The highest BCUT2D eigenvalue weighted by atomic mass is 35.5. The number of pyridine rings is 1. The Balaban J connectivity index is 1.57. The maximum Gasteiger partial charge on any atom is 0.213 e. The van der Waals surface area contributed by atoms with Crippen molar-refractivity contribution in [3.05, 3.63) is 94.6 Å². The summed E-state index contributed by atoms with van der Waals surface area (Å²) in [4.78, 5) is 6.51. The van der Waals surface area contributed by atoms with E-state index in [2.05, 4.69) is 22.0 Å². The van der Waals surface area contributed by atoms with Crippen LogP contribution < -0.4 is 4.74 Å². The fourth-order valence-electron chi connectivity index (χ4n) is 4.20. The Bertz CT molecular complexity index is 984. The molecule has 0 N–H and O–H groups in total. The predicted molar refractivity (Wildman–Crippen MR) is 114 cm³/mol. The fraction of sp³-hybridized carbons (Fsp3) is 0.292. The minimum Gasteiger partial charge on any atom is -0.474 e. The van der Waals surface area contributed by atoms with Crippen molar-refractivity contribution in [2.24, 2.45) is 5.92 Å². The summed E-state index contributed by atoms with van der Waals surface area (Å²) < 4.78 is 34.2. The van der Waals surface area contributed by atoms with Crippen LogP contribution in [0.15, 0.2) is 66.9 Å². The number of ether oxygens (including phenoxy) is 1. The van der Waals surface area contributed by atoms with Crippen molar-refractivity contribution in [3.8, 4) is 5.88 Å². The molecule has 0 unspecified atom stereocenters. The van der Waals surface area contributed by atoms with E-state index in [1.54, 1.807) is 18.2 Å². The molecule has 1 saturated heterocycles. The van der Waals surface area contributed by atoms with Crippen molar-refractivity contribution in [1.29, 1.82) is 0 Å². The molecule has 0 bridgehead atoms. The number of halogens is 3. The first kappa shape index (κ1) is 20.8. The summed E-state index contributed by atoms with van der Waals surface area (Å²) in [6, 6.07) is 17.5. The van der Waals surface area contributed by atoms with Crippen LogP contribution in [-0.4, -0.2) is 29.1 Å². The first-order chi connectivity index (χ1) is 14.5. The van der Waals surface area contributed by atoms with Crippen molar-refractivity contribution in [1.82, 2.24) is 9.88 Å². The van der Waals surface area contributed by atoms with Gasteiger partial charge in [0, 0.05) is 49.8 Å². The second-order valence-electron chi connectivity index (χ2n) is 7.75. The highest BCUT2D eigenvalue weighted by Crippen LogP contribution is 2.38. The van der Waals surface area contributed by atoms with Crippen LogP contribution in [0.2, 0.25) is 5.02 Å². The molecule has 0 amide bonds. The van der Waals surface area contributed by atoms with Gasteiger partial charge in [0.2, 0.25) is 5.88 Å². The largest absolute Gasteiger partial charge is 0.474 e. The number of benzene rings is 2. The fourth-order valence-corrected chi connectivity index (χ4v) is 4.31. The van der Waals surface area contributed by atoms with E-state index in [9.17, 15) is 8.78 Å². The van der Waals surface area contributed by atoms with E-state index in [1.165, 1.54) is 17.8 Å². The lowest BCUT2D eigenvalue weighted by Gasteiger charge is -2.26. The van der Waals surface area contributed by atoms with Gasteiger partial charge in [-0.25, -0.2) is 13.8 Å². The van der Waals surface area contributed by atoms with Gasteiger partial charge in [0.1, 0.15) is 17.7 Å². The Kier molecular flexibility index (Phi) is 6.30. The molecular formula is C24H23ClF2N2O. The normalized spacial score (nSPS) is 20.3. The van der Waals surface area contributed by atoms with E-state index in [0.717, 1.165) is 19.2 Å². The minimum atomic E-state index is -0.568. The first-order valence-electron chi connectivity index (χ1n) is 9.99. The summed E-state index contributed by atoms with van der Waals surface area (Å²) in [6.45, 7) is 4.15. The molecular weight excluding hydrogens is 406 g/mol. The van der Waals surface area contributed by atoms with Crippen LogP contribution in [0.3, 0.4) is 0 Å². The van der Waals surface area contributed by atoms with Crippen LogP contribution in [0.4, 0.5) is 8.78 Å². The number of rotatable bonds is 6. The Morgan fingerprint density at radius 1 is 1.10 bits per heavy atom. The van der Waals surface area contributed by atoms with E-state index >= 15 is 0 Å². The monoisotopic (exact) mass is 428 g/mol. The van der Waals surface area contributed by atoms with Gasteiger partial charge < -0.3 is 4.74 Å². The van der Waals surface area contributed by atoms with Crippen molar-refractivity contribution >= 4 is 11.6 Å². The first-order valence-corrected chi connectivity index (χ1v) is 10.4. The third-order valence-corrected chi connectivity index (χ3v) is 5.89. The molecule has 30 heavy (non-hydrogen) atoms. The smallest absolute Gasteiger partial charge is 0.213 e. The number of hydrogen-bond donors (Lipinski definition) is 0. The van der Waals surface area contributed by atoms with Crippen molar-refractivity contribution in [2.75, 3.05) is 13.1 Å². The van der Waals surface area contributed by atoms with Crippen molar-refractivity contribution < 1.29 is 13.5 Å². The molecule has 1 aliphatic heterocycles. The molecule has 2 aromatic carbocycles. The molecule has 2 heterocycles. The lowest BCUT2D eigenvalue weighted by Crippen LogP contribution is -2.30. The Morgan fingerprint density at radius 2 is 1.90 bits per heavy atom. The van der Waals surface area contributed by atoms with Crippen LogP contribution in [0, 0.1) is 17.6 Å². The highest BCUT2D eigenvalue weighted by molar-refractivity contribution is 6.30. The molecule has 1 fully saturated rings. The van der Waals surface area contributed by atoms with Gasteiger partial charge >= 0.3 is 0 Å². The van der Waals surface area contributed by atoms with Gasteiger partial charge in [-0.05, 0) is 30.2 Å². The number of likely N-dealkylation sites (tertiary alicyclic amines) is 1. The molecule has 0 aliphatic carbocycles. The summed E-state index contributed by atoms with van der Waals surface area (Å²) in [5, 5.41) is 0.538. The molecule has 1 aliphatic rings. The minimum absolute atomic E-state index is 0.0196. The van der Waals surface area contributed by atoms with Gasteiger partial charge in [-0.1, -0.05) is 48.0 Å². The summed E-state index contributed by atoms with van der Waals surface area (Å²) in [5.74, 6) is -0.695. The van der Waals surface area contributed by atoms with Crippen LogP contribution in [0.5, 0.6) is 5.88 Å². The molecule has 6 heteroatoms. The molecule has 0 spiro atoms. The van der Waals surface area contributed by atoms with E-state index in [1.807, 2.05) is 25.1 Å². The Labute approximate surface area is 180 Å². The number of nitrogens with zero attached hydrogens (tertiary/aromatic N) is 2. The van der Waals surface area contributed by atoms with Crippen molar-refractivity contribution in [2.45, 2.75) is 25.5 Å². The zero-order valence-electron chi connectivity index (χ0n) is 16.6. The zero-order valence-corrected chi connectivity index (χ0v) is 17.4. The molecule has 3 atom stereocenters. The van der Waals surface area contributed by atoms with Crippen LogP contribution in [0.25, 0.3) is 0 Å². The van der Waals surface area contributed by atoms with Gasteiger partial charge in [-0.2, -0.15) is 0 Å². The molecule has 4 rings (SSSR count). The number of aromatic nitrogens is 1. The van der Waals surface area contributed by atoms with E-state index in [0.29, 0.717) is 23.0 Å². The molecule has 0 saturated carbocycles. The third-order valence-electron chi connectivity index (χ3n) is 5.66. The van der Waals surface area contributed by atoms with Crippen LogP contribution >= 0.6 is 11.6 Å². The quantitative estimate of drug-likeness (QED) is 0.503. The topological polar surface area (TPSA) is 25.4 Å². The molecule has 1 aromatic heterocycles. The molecule has 3 aromatic rings. The third kappa shape index (κ3) is 4.79. The lowest BCUT2D eigenvalue weighted by molar-refractivity contribution is 0.137. The molecule has 0 radical (unpaired) electrons. The van der Waals surface area contributed by atoms with Gasteiger partial charge in [-0.3, -0.25) is 4.90 Å². The summed E-state index contributed by atoms with van der Waals surface area (Å²) in [7, 11) is 0. The maximum atomic E-state index is 14.6. The standard InChI is InChI=1S/C24H23ClF2N2O/c1-16(30-24-10-7-18(25)12-28-24)21-14-29(13-17-5-3-2-4-6-17)15-22(21)20-9-8-19(26)11-23(20)27/h2-12,16,21-22H,13-15H2,1H3/t16-,21-,22+/m0/s1. The van der Waals surface area contributed by atoms with Gasteiger partial charge in [0.15, 0.2) is 0 Å². The lowest BCUT2D eigenvalue weighted by atomic mass is 9.85. The van der Waals surface area contributed by atoms with Crippen LogP contribution in [0.1, 0.15) is 24.0 Å². The molecule has 156 valence electrons. The highest BCUT2D eigenvalue weighted by Gasteiger charge is 2.39. The van der Waals surface area contributed by atoms with E-state index in [4.69, 9.17) is 16.3 Å². The predicted octanol–water partition coefficient (Wildman–Crippen LogP) is 5.70. The van der Waals surface area contributed by atoms with Gasteiger partial charge in [0.05, 0.1) is 5.02 Å². The SMILES string of the molecule is C[C@H](Oc1ccc(Cl)cn1)[C@@H]1CN(Cc2ccccc2)C[C@@H]1c1ccc(F)cc1F. The average Bonchev–Trinajstić information content (AvgIpc) is 3.14. The Morgan fingerprint density at radius 3 is 2.60 bits per heavy atom. The second-order valence-corrected chi connectivity index (χ2v) is 8.19. The zero-order chi connectivity index (χ0) is 21.1. The van der Waals surface area contributed by atoms with Gasteiger partial charge in [0.25, 0.3) is 0 Å².